The van der Waals surface area contributed by atoms with Crippen LogP contribution in [-0.4, -0.2) is 23.1 Å². The SMILES string of the molecule is COc1ccc(C(C)=O)cc1CSc1nnc(-c2ccco2)o1. The Kier molecular flexibility index (Phi) is 4.47. The first-order chi connectivity index (χ1) is 11.2. The normalized spacial score (nSPS) is 10.7. The van der Waals surface area contributed by atoms with Gasteiger partial charge in [-0.15, -0.1) is 10.2 Å². The van der Waals surface area contributed by atoms with Crippen LogP contribution in [0.5, 0.6) is 5.75 Å². The molecule has 0 saturated heterocycles. The summed E-state index contributed by atoms with van der Waals surface area (Å²) >= 11 is 1.37. The molecule has 0 unspecified atom stereocenters. The van der Waals surface area contributed by atoms with Crippen molar-refractivity contribution in [1.29, 1.82) is 0 Å². The summed E-state index contributed by atoms with van der Waals surface area (Å²) in [6.45, 7) is 1.53. The van der Waals surface area contributed by atoms with Crippen molar-refractivity contribution in [1.82, 2.24) is 10.2 Å². The lowest BCUT2D eigenvalue weighted by Crippen LogP contribution is -1.96. The highest BCUT2D eigenvalue weighted by molar-refractivity contribution is 7.98. The second-order valence-electron chi connectivity index (χ2n) is 4.72. The van der Waals surface area contributed by atoms with Crippen LogP contribution in [0.25, 0.3) is 11.7 Å². The summed E-state index contributed by atoms with van der Waals surface area (Å²) in [5.74, 6) is 2.14. The van der Waals surface area contributed by atoms with Crippen LogP contribution in [0.3, 0.4) is 0 Å². The third-order valence-electron chi connectivity index (χ3n) is 3.18. The molecule has 7 heteroatoms. The average molecular weight is 330 g/mol. The van der Waals surface area contributed by atoms with Crippen LogP contribution in [0.15, 0.2) is 50.7 Å². The maximum Gasteiger partial charge on any atom is 0.284 e. The number of methoxy groups -OCH3 is 1. The Bertz CT molecular complexity index is 811. The number of furan rings is 1. The number of carbonyl (C=O) groups excluding carboxylic acids is 1. The summed E-state index contributed by atoms with van der Waals surface area (Å²) in [7, 11) is 1.60. The Morgan fingerprint density at radius 3 is 2.87 bits per heavy atom. The van der Waals surface area contributed by atoms with Gasteiger partial charge in [-0.1, -0.05) is 11.8 Å². The summed E-state index contributed by atoms with van der Waals surface area (Å²) in [6.07, 6.45) is 1.55. The molecule has 0 aliphatic heterocycles. The Morgan fingerprint density at radius 1 is 1.30 bits per heavy atom. The molecule has 0 aliphatic rings. The molecular formula is C16H14N2O4S. The molecule has 3 aromatic rings. The van der Waals surface area contributed by atoms with Gasteiger partial charge in [0.25, 0.3) is 11.1 Å². The Hall–Kier alpha value is -2.54. The minimum Gasteiger partial charge on any atom is -0.496 e. The number of thioether (sulfide) groups is 1. The van der Waals surface area contributed by atoms with Gasteiger partial charge >= 0.3 is 0 Å². The molecule has 0 saturated carbocycles. The summed E-state index contributed by atoms with van der Waals surface area (Å²) in [5, 5.41) is 8.34. The predicted octanol–water partition coefficient (Wildman–Crippen LogP) is 3.83. The summed E-state index contributed by atoms with van der Waals surface area (Å²) in [5.41, 5.74) is 1.53. The third-order valence-corrected chi connectivity index (χ3v) is 4.04. The van der Waals surface area contributed by atoms with E-state index in [4.69, 9.17) is 13.6 Å². The fourth-order valence-electron chi connectivity index (χ4n) is 2.02. The molecule has 1 aromatic carbocycles. The van der Waals surface area contributed by atoms with E-state index < -0.39 is 0 Å². The summed E-state index contributed by atoms with van der Waals surface area (Å²) < 4.78 is 16.1. The van der Waals surface area contributed by atoms with Crippen molar-refractivity contribution < 1.29 is 18.4 Å². The van der Waals surface area contributed by atoms with E-state index in [9.17, 15) is 4.79 Å². The number of aromatic nitrogens is 2. The van der Waals surface area contributed by atoms with Gasteiger partial charge in [-0.3, -0.25) is 4.79 Å². The van der Waals surface area contributed by atoms with E-state index in [0.29, 0.717) is 33.9 Å². The van der Waals surface area contributed by atoms with Crippen LogP contribution >= 0.6 is 11.8 Å². The highest BCUT2D eigenvalue weighted by atomic mass is 32.2. The molecule has 0 atom stereocenters. The van der Waals surface area contributed by atoms with Gasteiger partial charge in [-0.25, -0.2) is 0 Å². The molecule has 6 nitrogen and oxygen atoms in total. The molecule has 0 spiro atoms. The Balaban J connectivity index is 1.75. The lowest BCUT2D eigenvalue weighted by molar-refractivity contribution is 0.101. The zero-order valence-corrected chi connectivity index (χ0v) is 13.4. The number of benzene rings is 1. The number of rotatable bonds is 6. The van der Waals surface area contributed by atoms with Crippen molar-refractivity contribution in [2.24, 2.45) is 0 Å². The predicted molar refractivity (Wildman–Crippen MR) is 84.6 cm³/mol. The zero-order chi connectivity index (χ0) is 16.2. The number of nitrogens with zero attached hydrogens (tertiary/aromatic N) is 2. The molecular weight excluding hydrogens is 316 g/mol. The molecule has 0 radical (unpaired) electrons. The molecule has 3 rings (SSSR count). The Labute approximate surface area is 136 Å². The second-order valence-corrected chi connectivity index (χ2v) is 5.65. The number of hydrogen-bond donors (Lipinski definition) is 0. The highest BCUT2D eigenvalue weighted by Crippen LogP contribution is 2.30. The lowest BCUT2D eigenvalue weighted by Gasteiger charge is -2.08. The van der Waals surface area contributed by atoms with Crippen molar-refractivity contribution in [2.75, 3.05) is 7.11 Å². The first-order valence-corrected chi connectivity index (χ1v) is 7.84. The minimum atomic E-state index is 0.0109. The number of ether oxygens (including phenoxy) is 1. The number of ketones is 1. The van der Waals surface area contributed by atoms with Crippen molar-refractivity contribution in [3.05, 3.63) is 47.7 Å². The van der Waals surface area contributed by atoms with Crippen LogP contribution in [0.4, 0.5) is 0 Å². The molecule has 0 aliphatic carbocycles. The number of carbonyl (C=O) groups is 1. The fraction of sp³-hybridized carbons (Fsp3) is 0.188. The minimum absolute atomic E-state index is 0.0109. The molecule has 0 bridgehead atoms. The van der Waals surface area contributed by atoms with Gasteiger partial charge in [0.05, 0.1) is 13.4 Å². The smallest absolute Gasteiger partial charge is 0.284 e. The lowest BCUT2D eigenvalue weighted by atomic mass is 10.1. The van der Waals surface area contributed by atoms with Crippen LogP contribution in [-0.2, 0) is 5.75 Å². The van der Waals surface area contributed by atoms with E-state index in [0.717, 1.165) is 5.56 Å². The van der Waals surface area contributed by atoms with E-state index in [1.54, 1.807) is 37.6 Å². The van der Waals surface area contributed by atoms with Gasteiger partial charge in [-0.2, -0.15) is 0 Å². The molecule has 0 fully saturated rings. The zero-order valence-electron chi connectivity index (χ0n) is 12.6. The summed E-state index contributed by atoms with van der Waals surface area (Å²) in [6, 6.07) is 8.86. The maximum atomic E-state index is 11.5. The largest absolute Gasteiger partial charge is 0.496 e. The van der Waals surface area contributed by atoms with Crippen LogP contribution in [0, 0.1) is 0 Å². The molecule has 2 aromatic heterocycles. The van der Waals surface area contributed by atoms with Crippen molar-refractivity contribution >= 4 is 17.5 Å². The van der Waals surface area contributed by atoms with E-state index in [2.05, 4.69) is 10.2 Å². The van der Waals surface area contributed by atoms with E-state index in [-0.39, 0.29) is 5.78 Å². The third kappa shape index (κ3) is 3.45. The van der Waals surface area contributed by atoms with E-state index in [1.807, 2.05) is 6.07 Å². The first-order valence-electron chi connectivity index (χ1n) is 6.85. The van der Waals surface area contributed by atoms with E-state index in [1.165, 1.54) is 18.7 Å². The number of hydrogen-bond acceptors (Lipinski definition) is 7. The van der Waals surface area contributed by atoms with Gasteiger partial charge in [0.1, 0.15) is 5.75 Å². The van der Waals surface area contributed by atoms with Gasteiger partial charge in [0.2, 0.25) is 0 Å². The van der Waals surface area contributed by atoms with Crippen LogP contribution in [0.2, 0.25) is 0 Å². The second kappa shape index (κ2) is 6.70. The highest BCUT2D eigenvalue weighted by Gasteiger charge is 2.13. The standard InChI is InChI=1S/C16H14N2O4S/c1-10(19)11-5-6-13(20-2)12(8-11)9-23-16-18-17-15(22-16)14-4-3-7-21-14/h3-8H,9H2,1-2H3. The van der Waals surface area contributed by atoms with Gasteiger partial charge in [-0.05, 0) is 37.3 Å². The average Bonchev–Trinajstić information content (AvgIpc) is 3.23. The van der Waals surface area contributed by atoms with Crippen molar-refractivity contribution in [3.63, 3.8) is 0 Å². The van der Waals surface area contributed by atoms with Crippen molar-refractivity contribution in [2.45, 2.75) is 17.9 Å². The maximum absolute atomic E-state index is 11.5. The van der Waals surface area contributed by atoms with Gasteiger partial charge < -0.3 is 13.6 Å². The molecule has 118 valence electrons. The first kappa shape index (κ1) is 15.4. The molecule has 2 heterocycles. The number of Topliss-reactive ketones (excluding diaryl/α,β-unsaturated/α-hetero) is 1. The molecule has 0 N–H and O–H groups in total. The monoisotopic (exact) mass is 330 g/mol. The van der Waals surface area contributed by atoms with Crippen LogP contribution < -0.4 is 4.74 Å². The molecule has 23 heavy (non-hydrogen) atoms. The fourth-order valence-corrected chi connectivity index (χ4v) is 2.76. The summed E-state index contributed by atoms with van der Waals surface area (Å²) in [4.78, 5) is 11.5. The quantitative estimate of drug-likeness (QED) is 0.502. The van der Waals surface area contributed by atoms with E-state index >= 15 is 0 Å². The topological polar surface area (TPSA) is 78.4 Å². The van der Waals surface area contributed by atoms with Crippen LogP contribution in [0.1, 0.15) is 22.8 Å². The Morgan fingerprint density at radius 2 is 2.17 bits per heavy atom. The van der Waals surface area contributed by atoms with Gasteiger partial charge in [0.15, 0.2) is 11.5 Å². The van der Waals surface area contributed by atoms with Gasteiger partial charge in [0, 0.05) is 16.9 Å². The molecule has 0 amide bonds. The van der Waals surface area contributed by atoms with Crippen molar-refractivity contribution in [3.8, 4) is 17.4 Å².